The Labute approximate surface area is 113 Å². The van der Waals surface area contributed by atoms with Gasteiger partial charge >= 0.3 is 11.9 Å². The van der Waals surface area contributed by atoms with E-state index < -0.39 is 17.8 Å². The van der Waals surface area contributed by atoms with Gasteiger partial charge in [-0.05, 0) is 31.6 Å². The Bertz CT molecular complexity index is 355. The highest BCUT2D eigenvalue weighted by Crippen LogP contribution is 2.28. The lowest BCUT2D eigenvalue weighted by Gasteiger charge is -2.25. The summed E-state index contributed by atoms with van der Waals surface area (Å²) in [7, 11) is 0. The summed E-state index contributed by atoms with van der Waals surface area (Å²) in [5.41, 5.74) is 0. The molecule has 0 heterocycles. The van der Waals surface area contributed by atoms with Gasteiger partial charge in [-0.25, -0.2) is 0 Å². The molecule has 0 amide bonds. The standard InChI is InChI=1S/C15H22O4/c16-14(17)12-8-4-5-9-13(12)15(18)19-10-11-6-2-1-3-7-11/h5,9,11-13H,1-4,6-8,10H2,(H,16,17). The fourth-order valence-electron chi connectivity index (χ4n) is 3.00. The quantitative estimate of drug-likeness (QED) is 0.627. The molecule has 0 bridgehead atoms. The second-order valence-electron chi connectivity index (χ2n) is 5.61. The first kappa shape index (κ1) is 14.1. The summed E-state index contributed by atoms with van der Waals surface area (Å²) in [4.78, 5) is 23.2. The summed E-state index contributed by atoms with van der Waals surface area (Å²) in [6, 6.07) is 0. The van der Waals surface area contributed by atoms with E-state index in [1.165, 1.54) is 19.3 Å². The third-order valence-corrected chi connectivity index (χ3v) is 4.20. The number of rotatable bonds is 4. The van der Waals surface area contributed by atoms with Crippen molar-refractivity contribution in [2.45, 2.75) is 44.9 Å². The molecule has 0 saturated heterocycles. The molecule has 0 aromatic rings. The highest BCUT2D eigenvalue weighted by Gasteiger charge is 2.34. The molecule has 19 heavy (non-hydrogen) atoms. The lowest BCUT2D eigenvalue weighted by Crippen LogP contribution is -2.32. The van der Waals surface area contributed by atoms with E-state index >= 15 is 0 Å². The van der Waals surface area contributed by atoms with Gasteiger partial charge in [0.1, 0.15) is 0 Å². The zero-order valence-electron chi connectivity index (χ0n) is 11.2. The smallest absolute Gasteiger partial charge is 0.313 e. The van der Waals surface area contributed by atoms with Gasteiger partial charge in [0.15, 0.2) is 0 Å². The summed E-state index contributed by atoms with van der Waals surface area (Å²) in [5, 5.41) is 9.13. The van der Waals surface area contributed by atoms with Crippen LogP contribution in [0.15, 0.2) is 12.2 Å². The van der Waals surface area contributed by atoms with Crippen LogP contribution in [0.25, 0.3) is 0 Å². The molecule has 2 aliphatic carbocycles. The molecule has 2 unspecified atom stereocenters. The van der Waals surface area contributed by atoms with Crippen LogP contribution in [0.3, 0.4) is 0 Å². The van der Waals surface area contributed by atoms with Crippen LogP contribution in [0.2, 0.25) is 0 Å². The van der Waals surface area contributed by atoms with E-state index in [2.05, 4.69) is 0 Å². The SMILES string of the molecule is O=C(OCC1CCCCC1)C1C=CCCC1C(=O)O. The van der Waals surface area contributed by atoms with Crippen molar-refractivity contribution in [2.75, 3.05) is 6.61 Å². The molecule has 1 fully saturated rings. The van der Waals surface area contributed by atoms with Gasteiger partial charge in [-0.2, -0.15) is 0 Å². The Kier molecular flexibility index (Phi) is 5.00. The summed E-state index contributed by atoms with van der Waals surface area (Å²) in [6.45, 7) is 0.454. The Hall–Kier alpha value is -1.32. The van der Waals surface area contributed by atoms with Crippen LogP contribution in [0.1, 0.15) is 44.9 Å². The average Bonchev–Trinajstić information content (AvgIpc) is 2.46. The molecule has 4 nitrogen and oxygen atoms in total. The van der Waals surface area contributed by atoms with Crippen molar-refractivity contribution in [3.8, 4) is 0 Å². The molecule has 4 heteroatoms. The maximum atomic E-state index is 12.0. The molecule has 106 valence electrons. The summed E-state index contributed by atoms with van der Waals surface area (Å²) >= 11 is 0. The molecule has 0 spiro atoms. The van der Waals surface area contributed by atoms with E-state index in [9.17, 15) is 9.59 Å². The number of carbonyl (C=O) groups excluding carboxylic acids is 1. The molecule has 2 aliphatic rings. The summed E-state index contributed by atoms with van der Waals surface area (Å²) in [5.74, 6) is -2.02. The van der Waals surface area contributed by atoms with Crippen LogP contribution in [0.4, 0.5) is 0 Å². The van der Waals surface area contributed by atoms with Crippen molar-refractivity contribution < 1.29 is 19.4 Å². The molecule has 1 saturated carbocycles. The normalized spacial score (nSPS) is 28.0. The number of esters is 1. The lowest BCUT2D eigenvalue weighted by molar-refractivity contribution is -0.157. The second kappa shape index (κ2) is 6.73. The summed E-state index contributed by atoms with van der Waals surface area (Å²) in [6.07, 6.45) is 10.8. The van der Waals surface area contributed by atoms with E-state index in [-0.39, 0.29) is 5.97 Å². The van der Waals surface area contributed by atoms with E-state index in [0.29, 0.717) is 18.9 Å². The van der Waals surface area contributed by atoms with Crippen LogP contribution in [-0.2, 0) is 14.3 Å². The zero-order valence-corrected chi connectivity index (χ0v) is 11.2. The van der Waals surface area contributed by atoms with E-state index in [1.807, 2.05) is 6.08 Å². The van der Waals surface area contributed by atoms with Crippen molar-refractivity contribution in [2.24, 2.45) is 17.8 Å². The third kappa shape index (κ3) is 3.82. The van der Waals surface area contributed by atoms with Crippen molar-refractivity contribution in [3.05, 3.63) is 12.2 Å². The van der Waals surface area contributed by atoms with Crippen molar-refractivity contribution in [1.82, 2.24) is 0 Å². The highest BCUT2D eigenvalue weighted by atomic mass is 16.5. The van der Waals surface area contributed by atoms with Crippen molar-refractivity contribution in [3.63, 3.8) is 0 Å². The average molecular weight is 266 g/mol. The van der Waals surface area contributed by atoms with Crippen LogP contribution in [0, 0.1) is 17.8 Å². The predicted octanol–water partition coefficient (Wildman–Crippen LogP) is 2.78. The van der Waals surface area contributed by atoms with E-state index in [1.54, 1.807) is 6.08 Å². The number of hydrogen-bond donors (Lipinski definition) is 1. The first-order valence-corrected chi connectivity index (χ1v) is 7.24. The topological polar surface area (TPSA) is 63.6 Å². The first-order valence-electron chi connectivity index (χ1n) is 7.24. The minimum absolute atomic E-state index is 0.367. The monoisotopic (exact) mass is 266 g/mol. The summed E-state index contributed by atoms with van der Waals surface area (Å²) < 4.78 is 5.35. The number of hydrogen-bond acceptors (Lipinski definition) is 3. The maximum absolute atomic E-state index is 12.0. The number of carboxylic acid groups (broad SMARTS) is 1. The van der Waals surface area contributed by atoms with Crippen LogP contribution < -0.4 is 0 Å². The van der Waals surface area contributed by atoms with Crippen molar-refractivity contribution >= 4 is 11.9 Å². The Morgan fingerprint density at radius 3 is 2.58 bits per heavy atom. The third-order valence-electron chi connectivity index (χ3n) is 4.20. The lowest BCUT2D eigenvalue weighted by atomic mass is 9.84. The van der Waals surface area contributed by atoms with Crippen LogP contribution >= 0.6 is 0 Å². The number of carboxylic acids is 1. The molecule has 0 aliphatic heterocycles. The van der Waals surface area contributed by atoms with Crippen molar-refractivity contribution in [1.29, 1.82) is 0 Å². The molecule has 0 radical (unpaired) electrons. The van der Waals surface area contributed by atoms with Gasteiger partial charge in [-0.15, -0.1) is 0 Å². The fraction of sp³-hybridized carbons (Fsp3) is 0.733. The molecule has 1 N–H and O–H groups in total. The first-order chi connectivity index (χ1) is 9.18. The minimum Gasteiger partial charge on any atom is -0.481 e. The molecular formula is C15H22O4. The Morgan fingerprint density at radius 1 is 1.16 bits per heavy atom. The van der Waals surface area contributed by atoms with Gasteiger partial charge in [0.05, 0.1) is 18.4 Å². The van der Waals surface area contributed by atoms with E-state index in [0.717, 1.165) is 19.3 Å². The predicted molar refractivity (Wildman–Crippen MR) is 70.5 cm³/mol. The molecule has 2 rings (SSSR count). The minimum atomic E-state index is -0.899. The maximum Gasteiger partial charge on any atom is 0.313 e. The fourth-order valence-corrected chi connectivity index (χ4v) is 3.00. The Morgan fingerprint density at radius 2 is 1.89 bits per heavy atom. The number of ether oxygens (including phenoxy) is 1. The largest absolute Gasteiger partial charge is 0.481 e. The number of carbonyl (C=O) groups is 2. The van der Waals surface area contributed by atoms with E-state index in [4.69, 9.17) is 9.84 Å². The molecule has 0 aromatic carbocycles. The second-order valence-corrected chi connectivity index (χ2v) is 5.61. The van der Waals surface area contributed by atoms with Gasteiger partial charge in [-0.1, -0.05) is 31.4 Å². The van der Waals surface area contributed by atoms with Gasteiger partial charge in [0.2, 0.25) is 0 Å². The molecular weight excluding hydrogens is 244 g/mol. The van der Waals surface area contributed by atoms with Gasteiger partial charge in [0, 0.05) is 0 Å². The van der Waals surface area contributed by atoms with Gasteiger partial charge in [-0.3, -0.25) is 9.59 Å². The highest BCUT2D eigenvalue weighted by molar-refractivity contribution is 5.83. The molecule has 0 aromatic heterocycles. The van der Waals surface area contributed by atoms with Crippen LogP contribution in [0.5, 0.6) is 0 Å². The van der Waals surface area contributed by atoms with Crippen LogP contribution in [-0.4, -0.2) is 23.7 Å². The van der Waals surface area contributed by atoms with Gasteiger partial charge in [0.25, 0.3) is 0 Å². The number of allylic oxidation sites excluding steroid dienone is 1. The zero-order chi connectivity index (χ0) is 13.7. The Balaban J connectivity index is 1.85. The van der Waals surface area contributed by atoms with Gasteiger partial charge < -0.3 is 9.84 Å². The molecule has 2 atom stereocenters. The number of aliphatic carboxylic acids is 1.